The number of carbonyl (C=O) groups is 1. The first kappa shape index (κ1) is 8.98. The van der Waals surface area contributed by atoms with Crippen LogP contribution in [0.15, 0.2) is 0 Å². The van der Waals surface area contributed by atoms with Crippen LogP contribution >= 0.6 is 0 Å². The molecule has 0 fully saturated rings. The maximum absolute atomic E-state index is 11.3. The molecule has 0 aliphatic carbocycles. The minimum absolute atomic E-state index is 0.273. The Labute approximate surface area is 81.2 Å². The zero-order valence-corrected chi connectivity index (χ0v) is 7.99. The van der Waals surface area contributed by atoms with Crippen molar-refractivity contribution in [3.8, 4) is 0 Å². The first-order valence-electron chi connectivity index (χ1n) is 4.58. The van der Waals surface area contributed by atoms with Crippen LogP contribution in [0.25, 0.3) is 0 Å². The van der Waals surface area contributed by atoms with Crippen molar-refractivity contribution in [2.75, 3.05) is 19.0 Å². The number of ether oxygens (including phenoxy) is 1. The van der Waals surface area contributed by atoms with E-state index < -0.39 is 5.97 Å². The van der Waals surface area contributed by atoms with E-state index in [1.54, 1.807) is 4.68 Å². The Morgan fingerprint density at radius 1 is 1.57 bits per heavy atom. The van der Waals surface area contributed by atoms with Crippen LogP contribution in [0, 0.1) is 0 Å². The fourth-order valence-corrected chi connectivity index (χ4v) is 1.47. The van der Waals surface area contributed by atoms with Crippen LogP contribution in [-0.2, 0) is 11.3 Å². The van der Waals surface area contributed by atoms with Crippen LogP contribution in [0.2, 0.25) is 0 Å². The predicted octanol–water partition coefficient (Wildman–Crippen LogP) is 0.270. The number of fused-ring (bicyclic) bond motifs is 1. The summed E-state index contributed by atoms with van der Waals surface area (Å²) < 4.78 is 6.31. The van der Waals surface area contributed by atoms with Gasteiger partial charge >= 0.3 is 5.97 Å². The van der Waals surface area contributed by atoms with Gasteiger partial charge in [-0.25, -0.2) is 9.48 Å². The lowest BCUT2D eigenvalue weighted by Gasteiger charge is -2.03. The normalized spacial score (nSPS) is 15.2. The Morgan fingerprint density at radius 3 is 3.21 bits per heavy atom. The van der Waals surface area contributed by atoms with E-state index in [4.69, 9.17) is 0 Å². The van der Waals surface area contributed by atoms with Crippen molar-refractivity contribution in [3.05, 3.63) is 5.69 Å². The van der Waals surface area contributed by atoms with Crippen molar-refractivity contribution in [2.45, 2.75) is 19.4 Å². The van der Waals surface area contributed by atoms with Crippen molar-refractivity contribution in [1.29, 1.82) is 0 Å². The maximum atomic E-state index is 11.3. The number of nitrogens with one attached hydrogen (secondary N) is 1. The highest BCUT2D eigenvalue weighted by molar-refractivity contribution is 5.92. The van der Waals surface area contributed by atoms with Crippen molar-refractivity contribution in [2.24, 2.45) is 0 Å². The highest BCUT2D eigenvalue weighted by Gasteiger charge is 2.21. The Bertz CT molecular complexity index is 347. The van der Waals surface area contributed by atoms with E-state index in [0.29, 0.717) is 5.82 Å². The van der Waals surface area contributed by atoms with Crippen LogP contribution in [0.5, 0.6) is 0 Å². The van der Waals surface area contributed by atoms with E-state index in [2.05, 4.69) is 20.4 Å². The molecule has 6 heteroatoms. The molecule has 6 nitrogen and oxygen atoms in total. The summed E-state index contributed by atoms with van der Waals surface area (Å²) >= 11 is 0. The van der Waals surface area contributed by atoms with E-state index in [0.717, 1.165) is 25.9 Å². The molecule has 0 unspecified atom stereocenters. The molecule has 2 heterocycles. The van der Waals surface area contributed by atoms with Gasteiger partial charge in [-0.2, -0.15) is 0 Å². The molecule has 0 saturated carbocycles. The molecular formula is C8H12N4O2. The van der Waals surface area contributed by atoms with Gasteiger partial charge in [-0.1, -0.05) is 5.21 Å². The highest BCUT2D eigenvalue weighted by atomic mass is 16.5. The molecule has 1 aromatic rings. The van der Waals surface area contributed by atoms with Crippen molar-refractivity contribution < 1.29 is 9.53 Å². The summed E-state index contributed by atoms with van der Waals surface area (Å²) in [6.07, 6.45) is 2.12. The largest absolute Gasteiger partial charge is 0.464 e. The third-order valence-corrected chi connectivity index (χ3v) is 2.20. The molecule has 14 heavy (non-hydrogen) atoms. The van der Waals surface area contributed by atoms with Gasteiger partial charge in [0.15, 0.2) is 5.82 Å². The second kappa shape index (κ2) is 3.65. The molecule has 76 valence electrons. The SMILES string of the molecule is COC(=O)c1nnn2c1NCCCC2. The fourth-order valence-electron chi connectivity index (χ4n) is 1.47. The Kier molecular flexibility index (Phi) is 2.34. The van der Waals surface area contributed by atoms with Crippen molar-refractivity contribution in [3.63, 3.8) is 0 Å². The summed E-state index contributed by atoms with van der Waals surface area (Å²) in [5.41, 5.74) is 0.273. The topological polar surface area (TPSA) is 69.0 Å². The van der Waals surface area contributed by atoms with Gasteiger partial charge in [0.1, 0.15) is 0 Å². The fraction of sp³-hybridized carbons (Fsp3) is 0.625. The quantitative estimate of drug-likeness (QED) is 0.653. The first-order chi connectivity index (χ1) is 6.83. The second-order valence-corrected chi connectivity index (χ2v) is 3.14. The van der Waals surface area contributed by atoms with Crippen LogP contribution < -0.4 is 5.32 Å². The average molecular weight is 196 g/mol. The third-order valence-electron chi connectivity index (χ3n) is 2.20. The minimum Gasteiger partial charge on any atom is -0.464 e. The number of aryl methyl sites for hydroxylation is 1. The number of aromatic nitrogens is 3. The van der Waals surface area contributed by atoms with Crippen molar-refractivity contribution >= 4 is 11.8 Å². The number of carbonyl (C=O) groups excluding carboxylic acids is 1. The Hall–Kier alpha value is -1.59. The molecule has 1 N–H and O–H groups in total. The molecule has 0 aromatic carbocycles. The number of esters is 1. The molecule has 0 spiro atoms. The molecule has 2 rings (SSSR count). The maximum Gasteiger partial charge on any atom is 0.362 e. The van der Waals surface area contributed by atoms with E-state index >= 15 is 0 Å². The summed E-state index contributed by atoms with van der Waals surface area (Å²) in [5.74, 6) is 0.231. The van der Waals surface area contributed by atoms with Gasteiger partial charge in [0.05, 0.1) is 7.11 Å². The highest BCUT2D eigenvalue weighted by Crippen LogP contribution is 2.17. The van der Waals surface area contributed by atoms with Gasteiger partial charge in [0.2, 0.25) is 5.69 Å². The van der Waals surface area contributed by atoms with Crippen LogP contribution in [0.1, 0.15) is 23.3 Å². The molecule has 0 amide bonds. The second-order valence-electron chi connectivity index (χ2n) is 3.14. The Balaban J connectivity index is 2.34. The summed E-state index contributed by atoms with van der Waals surface area (Å²) in [7, 11) is 1.34. The van der Waals surface area contributed by atoms with Gasteiger partial charge in [0.25, 0.3) is 0 Å². The molecule has 0 radical (unpaired) electrons. The first-order valence-corrected chi connectivity index (χ1v) is 4.58. The number of anilines is 1. The van der Waals surface area contributed by atoms with Crippen molar-refractivity contribution in [1.82, 2.24) is 15.0 Å². The smallest absolute Gasteiger partial charge is 0.362 e. The van der Waals surface area contributed by atoms with Gasteiger partial charge in [-0.15, -0.1) is 5.10 Å². The number of methoxy groups -OCH3 is 1. The van der Waals surface area contributed by atoms with Crippen LogP contribution in [-0.4, -0.2) is 34.6 Å². The lowest BCUT2D eigenvalue weighted by Crippen LogP contribution is -2.09. The number of hydrogen-bond acceptors (Lipinski definition) is 5. The standard InChI is InChI=1S/C8H12N4O2/c1-14-8(13)6-7-9-4-2-3-5-12(7)11-10-6/h9H,2-5H2,1H3. The summed E-state index contributed by atoms with van der Waals surface area (Å²) in [6, 6.07) is 0. The zero-order chi connectivity index (χ0) is 9.97. The van der Waals surface area contributed by atoms with Gasteiger partial charge in [-0.3, -0.25) is 0 Å². The number of nitrogens with zero attached hydrogens (tertiary/aromatic N) is 3. The molecule has 0 bridgehead atoms. The van der Waals surface area contributed by atoms with E-state index in [9.17, 15) is 4.79 Å². The zero-order valence-electron chi connectivity index (χ0n) is 7.99. The molecule has 0 atom stereocenters. The Morgan fingerprint density at radius 2 is 2.43 bits per heavy atom. The lowest BCUT2D eigenvalue weighted by molar-refractivity contribution is 0.0595. The average Bonchev–Trinajstić information content (AvgIpc) is 2.46. The molecule has 1 aliphatic rings. The monoisotopic (exact) mass is 196 g/mol. The number of hydrogen-bond donors (Lipinski definition) is 1. The predicted molar refractivity (Wildman–Crippen MR) is 49.1 cm³/mol. The van der Waals surface area contributed by atoms with E-state index in [1.165, 1.54) is 7.11 Å². The molecule has 1 aliphatic heterocycles. The summed E-state index contributed by atoms with van der Waals surface area (Å²) in [4.78, 5) is 11.3. The van der Waals surface area contributed by atoms with Crippen LogP contribution in [0.4, 0.5) is 5.82 Å². The van der Waals surface area contributed by atoms with E-state index in [1.807, 2.05) is 0 Å². The molecule has 0 saturated heterocycles. The molecular weight excluding hydrogens is 184 g/mol. The minimum atomic E-state index is -0.444. The summed E-state index contributed by atoms with van der Waals surface area (Å²) in [6.45, 7) is 1.64. The van der Waals surface area contributed by atoms with Gasteiger partial charge < -0.3 is 10.1 Å². The summed E-state index contributed by atoms with van der Waals surface area (Å²) in [5, 5.41) is 10.8. The lowest BCUT2D eigenvalue weighted by atomic mass is 10.3. The third kappa shape index (κ3) is 1.43. The van der Waals surface area contributed by atoms with Gasteiger partial charge in [-0.05, 0) is 12.8 Å². The molecule has 1 aromatic heterocycles. The van der Waals surface area contributed by atoms with Crippen LogP contribution in [0.3, 0.4) is 0 Å². The van der Waals surface area contributed by atoms with E-state index in [-0.39, 0.29) is 5.69 Å². The van der Waals surface area contributed by atoms with Gasteiger partial charge in [0, 0.05) is 13.1 Å². The number of rotatable bonds is 1.